The van der Waals surface area contributed by atoms with Crippen LogP contribution in [-0.2, 0) is 18.4 Å². The highest BCUT2D eigenvalue weighted by atomic mass is 32.2. The molecule has 170 valence electrons. The fraction of sp³-hybridized carbons (Fsp3) is 0.400. The number of aryl methyl sites for hydroxylation is 4. The van der Waals surface area contributed by atoms with Crippen LogP contribution in [0.2, 0.25) is 0 Å². The van der Waals surface area contributed by atoms with E-state index in [0.717, 1.165) is 28.1 Å². The van der Waals surface area contributed by atoms with Crippen LogP contribution in [0.25, 0.3) is 0 Å². The maximum atomic E-state index is 12.5. The van der Waals surface area contributed by atoms with Crippen molar-refractivity contribution < 1.29 is 9.53 Å². The van der Waals surface area contributed by atoms with Crippen molar-refractivity contribution in [2.75, 3.05) is 11.1 Å². The summed E-state index contributed by atoms with van der Waals surface area (Å²) in [5.41, 5.74) is 6.53. The lowest BCUT2D eigenvalue weighted by molar-refractivity contribution is -0.113. The van der Waals surface area contributed by atoms with Crippen LogP contribution < -0.4 is 10.1 Å². The summed E-state index contributed by atoms with van der Waals surface area (Å²) in [6.07, 6.45) is 0. The third-order valence-electron chi connectivity index (χ3n) is 5.35. The minimum atomic E-state index is -0.0628. The zero-order chi connectivity index (χ0) is 23.4. The van der Waals surface area contributed by atoms with Gasteiger partial charge in [-0.1, -0.05) is 55.4 Å². The molecule has 0 aliphatic heterocycles. The van der Waals surface area contributed by atoms with E-state index in [0.29, 0.717) is 23.5 Å². The molecule has 0 aliphatic rings. The van der Waals surface area contributed by atoms with Gasteiger partial charge in [0.25, 0.3) is 0 Å². The Morgan fingerprint density at radius 2 is 1.75 bits per heavy atom. The normalized spacial score (nSPS) is 11.1. The topological polar surface area (TPSA) is 69.0 Å². The summed E-state index contributed by atoms with van der Waals surface area (Å²) >= 11 is 1.36. The Balaban J connectivity index is 1.61. The maximum Gasteiger partial charge on any atom is 0.234 e. The molecule has 0 atom stereocenters. The van der Waals surface area contributed by atoms with Crippen molar-refractivity contribution in [2.45, 2.75) is 59.2 Å². The Hall–Kier alpha value is -2.80. The SMILES string of the molecule is Cc1cc(C)c(NC(=O)CSc2nnc(COc3cc(C)ccc3C(C)C)n2C)c(C)c1. The van der Waals surface area contributed by atoms with E-state index in [9.17, 15) is 4.79 Å². The van der Waals surface area contributed by atoms with Crippen LogP contribution in [0.3, 0.4) is 0 Å². The van der Waals surface area contributed by atoms with E-state index in [-0.39, 0.29) is 11.7 Å². The molecule has 3 aromatic rings. The summed E-state index contributed by atoms with van der Waals surface area (Å²) in [7, 11) is 1.90. The first-order chi connectivity index (χ1) is 15.2. The average Bonchev–Trinajstić information content (AvgIpc) is 3.07. The van der Waals surface area contributed by atoms with Gasteiger partial charge in [-0.2, -0.15) is 0 Å². The van der Waals surface area contributed by atoms with Crippen LogP contribution in [0.1, 0.15) is 53.4 Å². The highest BCUT2D eigenvalue weighted by Crippen LogP contribution is 2.28. The average molecular weight is 453 g/mol. The van der Waals surface area contributed by atoms with Crippen molar-refractivity contribution in [1.29, 1.82) is 0 Å². The smallest absolute Gasteiger partial charge is 0.234 e. The highest BCUT2D eigenvalue weighted by molar-refractivity contribution is 7.99. The molecule has 3 rings (SSSR count). The molecule has 2 aromatic carbocycles. The van der Waals surface area contributed by atoms with Gasteiger partial charge in [0.2, 0.25) is 5.91 Å². The van der Waals surface area contributed by atoms with Crippen LogP contribution in [0.4, 0.5) is 5.69 Å². The number of amides is 1. The van der Waals surface area contributed by atoms with Gasteiger partial charge in [0.05, 0.1) is 5.75 Å². The summed E-state index contributed by atoms with van der Waals surface area (Å²) < 4.78 is 7.97. The van der Waals surface area contributed by atoms with Crippen molar-refractivity contribution in [1.82, 2.24) is 14.8 Å². The number of anilines is 1. The molecule has 0 spiro atoms. The van der Waals surface area contributed by atoms with E-state index in [4.69, 9.17) is 4.74 Å². The summed E-state index contributed by atoms with van der Waals surface area (Å²) in [6, 6.07) is 10.4. The summed E-state index contributed by atoms with van der Waals surface area (Å²) in [4.78, 5) is 12.5. The van der Waals surface area contributed by atoms with Crippen molar-refractivity contribution in [2.24, 2.45) is 7.05 Å². The minimum Gasteiger partial charge on any atom is -0.485 e. The number of aromatic nitrogens is 3. The van der Waals surface area contributed by atoms with Crippen molar-refractivity contribution in [3.05, 3.63) is 64.0 Å². The molecule has 0 radical (unpaired) electrons. The molecule has 1 aromatic heterocycles. The predicted octanol–water partition coefficient (Wildman–Crippen LogP) is 5.48. The first kappa shape index (κ1) is 23.9. The quantitative estimate of drug-likeness (QED) is 0.458. The Kier molecular flexibility index (Phi) is 7.61. The number of carbonyl (C=O) groups is 1. The number of ether oxygens (including phenoxy) is 1. The van der Waals surface area contributed by atoms with Gasteiger partial charge in [0.15, 0.2) is 11.0 Å². The number of nitrogens with zero attached hydrogens (tertiary/aromatic N) is 3. The fourth-order valence-corrected chi connectivity index (χ4v) is 4.40. The van der Waals surface area contributed by atoms with Gasteiger partial charge in [-0.05, 0) is 61.9 Å². The van der Waals surface area contributed by atoms with Crippen LogP contribution >= 0.6 is 11.8 Å². The first-order valence-electron chi connectivity index (χ1n) is 10.8. The van der Waals surface area contributed by atoms with E-state index < -0.39 is 0 Å². The zero-order valence-electron chi connectivity index (χ0n) is 19.9. The van der Waals surface area contributed by atoms with Gasteiger partial charge in [-0.15, -0.1) is 10.2 Å². The molecule has 0 fully saturated rings. The number of nitrogens with one attached hydrogen (secondary N) is 1. The third kappa shape index (κ3) is 5.71. The number of rotatable bonds is 8. The monoisotopic (exact) mass is 452 g/mol. The second-order valence-corrected chi connectivity index (χ2v) is 9.50. The Labute approximate surface area is 194 Å². The molecule has 1 amide bonds. The molecule has 1 heterocycles. The third-order valence-corrected chi connectivity index (χ3v) is 6.37. The Bertz CT molecular complexity index is 1100. The van der Waals surface area contributed by atoms with Crippen LogP contribution in [0, 0.1) is 27.7 Å². The van der Waals surface area contributed by atoms with Crippen LogP contribution in [0.5, 0.6) is 5.75 Å². The molecular formula is C25H32N4O2S. The van der Waals surface area contributed by atoms with Crippen LogP contribution in [-0.4, -0.2) is 26.4 Å². The Morgan fingerprint density at radius 3 is 2.41 bits per heavy atom. The second-order valence-electron chi connectivity index (χ2n) is 8.55. The number of carbonyl (C=O) groups excluding carboxylic acids is 1. The van der Waals surface area contributed by atoms with E-state index in [1.165, 1.54) is 22.9 Å². The lowest BCUT2D eigenvalue weighted by Gasteiger charge is -2.14. The molecule has 1 N–H and O–H groups in total. The number of hydrogen-bond acceptors (Lipinski definition) is 5. The molecule has 0 bridgehead atoms. The number of hydrogen-bond donors (Lipinski definition) is 1. The molecule has 0 unspecified atom stereocenters. The second kappa shape index (κ2) is 10.2. The molecule has 6 nitrogen and oxygen atoms in total. The lowest BCUT2D eigenvalue weighted by Crippen LogP contribution is -2.16. The van der Waals surface area contributed by atoms with E-state index in [1.807, 2.05) is 25.5 Å². The highest BCUT2D eigenvalue weighted by Gasteiger charge is 2.15. The number of thioether (sulfide) groups is 1. The molecule has 0 saturated carbocycles. The standard InChI is InChI=1S/C25H32N4O2S/c1-15(2)20-9-8-16(3)12-21(20)31-13-22-27-28-25(29(22)7)32-14-23(30)26-24-18(5)10-17(4)11-19(24)6/h8-12,15H,13-14H2,1-7H3,(H,26,30). The number of benzene rings is 2. The summed E-state index contributed by atoms with van der Waals surface area (Å²) in [6.45, 7) is 12.8. The van der Waals surface area contributed by atoms with Gasteiger partial charge in [0, 0.05) is 12.7 Å². The van der Waals surface area contributed by atoms with Crippen molar-refractivity contribution >= 4 is 23.4 Å². The van der Waals surface area contributed by atoms with E-state index in [2.05, 4.69) is 73.5 Å². The van der Waals surface area contributed by atoms with Crippen molar-refractivity contribution in [3.63, 3.8) is 0 Å². The largest absolute Gasteiger partial charge is 0.485 e. The molecule has 0 aliphatic carbocycles. The molecule has 7 heteroatoms. The van der Waals surface area contributed by atoms with Gasteiger partial charge in [-0.3, -0.25) is 4.79 Å². The molecular weight excluding hydrogens is 420 g/mol. The van der Waals surface area contributed by atoms with Gasteiger partial charge < -0.3 is 14.6 Å². The maximum absolute atomic E-state index is 12.5. The summed E-state index contributed by atoms with van der Waals surface area (Å²) in [5, 5.41) is 12.2. The zero-order valence-corrected chi connectivity index (χ0v) is 20.8. The van der Waals surface area contributed by atoms with Crippen LogP contribution in [0.15, 0.2) is 35.5 Å². The van der Waals surface area contributed by atoms with Gasteiger partial charge >= 0.3 is 0 Å². The van der Waals surface area contributed by atoms with Crippen molar-refractivity contribution in [3.8, 4) is 5.75 Å². The molecule has 0 saturated heterocycles. The minimum absolute atomic E-state index is 0.0628. The van der Waals surface area contributed by atoms with Gasteiger partial charge in [-0.25, -0.2) is 0 Å². The van der Waals surface area contributed by atoms with E-state index in [1.54, 1.807) is 0 Å². The summed E-state index contributed by atoms with van der Waals surface area (Å²) in [5.74, 6) is 2.16. The van der Waals surface area contributed by atoms with E-state index >= 15 is 0 Å². The molecule has 32 heavy (non-hydrogen) atoms. The predicted molar refractivity (Wildman–Crippen MR) is 131 cm³/mol. The fourth-order valence-electron chi connectivity index (χ4n) is 3.67. The lowest BCUT2D eigenvalue weighted by atomic mass is 10.0. The Morgan fingerprint density at radius 1 is 1.06 bits per heavy atom. The van der Waals surface area contributed by atoms with Gasteiger partial charge in [0.1, 0.15) is 12.4 Å². The first-order valence-corrected chi connectivity index (χ1v) is 11.8.